The molecule has 124 valence electrons. The SMILES string of the molecule is C[C@@H]1Oc2c(c(=O)n(C)c(=O)n2C)[C@H]2c3ccccc3OC(=O)[C@H]21. The van der Waals surface area contributed by atoms with Crippen molar-refractivity contribution >= 4 is 5.97 Å². The number of rotatable bonds is 0. The number of benzene rings is 1. The first-order valence-electron chi connectivity index (χ1n) is 7.69. The van der Waals surface area contributed by atoms with Crippen LogP contribution in [0.5, 0.6) is 11.6 Å². The van der Waals surface area contributed by atoms with E-state index >= 15 is 0 Å². The van der Waals surface area contributed by atoms with Crippen molar-refractivity contribution in [3.63, 3.8) is 0 Å². The maximum absolute atomic E-state index is 12.8. The van der Waals surface area contributed by atoms with Gasteiger partial charge in [0, 0.05) is 25.6 Å². The van der Waals surface area contributed by atoms with E-state index in [9.17, 15) is 14.4 Å². The first kappa shape index (κ1) is 14.7. The molecule has 7 nitrogen and oxygen atoms in total. The van der Waals surface area contributed by atoms with Gasteiger partial charge in [0.2, 0.25) is 5.88 Å². The van der Waals surface area contributed by atoms with Crippen LogP contribution in [0.2, 0.25) is 0 Å². The lowest BCUT2D eigenvalue weighted by Gasteiger charge is -2.40. The van der Waals surface area contributed by atoms with Gasteiger partial charge in [0.1, 0.15) is 17.8 Å². The average Bonchev–Trinajstić information content (AvgIpc) is 2.57. The van der Waals surface area contributed by atoms with Crippen LogP contribution in [0.4, 0.5) is 0 Å². The average molecular weight is 328 g/mol. The van der Waals surface area contributed by atoms with E-state index in [1.165, 1.54) is 11.6 Å². The fraction of sp³-hybridized carbons (Fsp3) is 0.353. The van der Waals surface area contributed by atoms with Crippen LogP contribution >= 0.6 is 0 Å². The number of para-hydroxylation sites is 1. The smallest absolute Gasteiger partial charge is 0.333 e. The highest BCUT2D eigenvalue weighted by Crippen LogP contribution is 2.47. The quantitative estimate of drug-likeness (QED) is 0.521. The summed E-state index contributed by atoms with van der Waals surface area (Å²) in [6.07, 6.45) is -0.513. The van der Waals surface area contributed by atoms with Gasteiger partial charge in [-0.05, 0) is 13.0 Å². The van der Waals surface area contributed by atoms with Crippen molar-refractivity contribution in [3.05, 3.63) is 56.2 Å². The fourth-order valence-electron chi connectivity index (χ4n) is 3.64. The molecule has 3 heterocycles. The summed E-state index contributed by atoms with van der Waals surface area (Å²) >= 11 is 0. The molecule has 0 amide bonds. The summed E-state index contributed by atoms with van der Waals surface area (Å²) < 4.78 is 13.5. The van der Waals surface area contributed by atoms with E-state index in [2.05, 4.69) is 0 Å². The fourth-order valence-corrected chi connectivity index (χ4v) is 3.64. The third-order valence-corrected chi connectivity index (χ3v) is 4.85. The van der Waals surface area contributed by atoms with Crippen LogP contribution in [-0.4, -0.2) is 21.2 Å². The summed E-state index contributed by atoms with van der Waals surface area (Å²) in [5.41, 5.74) is 0.177. The number of ether oxygens (including phenoxy) is 2. The molecule has 0 radical (unpaired) electrons. The Morgan fingerprint density at radius 2 is 1.75 bits per heavy atom. The molecule has 0 fully saturated rings. The molecule has 1 aromatic carbocycles. The Morgan fingerprint density at radius 1 is 1.04 bits per heavy atom. The van der Waals surface area contributed by atoms with E-state index in [4.69, 9.17) is 9.47 Å². The maximum atomic E-state index is 12.8. The van der Waals surface area contributed by atoms with Crippen LogP contribution in [0.25, 0.3) is 0 Å². The summed E-state index contributed by atoms with van der Waals surface area (Å²) in [6, 6.07) is 7.15. The summed E-state index contributed by atoms with van der Waals surface area (Å²) in [7, 11) is 2.98. The molecule has 3 atom stereocenters. The highest BCUT2D eigenvalue weighted by Gasteiger charge is 2.49. The van der Waals surface area contributed by atoms with Crippen LogP contribution in [0.3, 0.4) is 0 Å². The Labute approximate surface area is 137 Å². The predicted molar refractivity (Wildman–Crippen MR) is 84.4 cm³/mol. The van der Waals surface area contributed by atoms with Gasteiger partial charge in [0.25, 0.3) is 5.56 Å². The molecule has 2 aliphatic heterocycles. The van der Waals surface area contributed by atoms with Crippen molar-refractivity contribution in [2.24, 2.45) is 20.0 Å². The Hall–Kier alpha value is -2.83. The number of nitrogens with zero attached hydrogens (tertiary/aromatic N) is 2. The van der Waals surface area contributed by atoms with E-state index in [1.54, 1.807) is 26.1 Å². The zero-order chi connectivity index (χ0) is 17.2. The first-order chi connectivity index (χ1) is 11.4. The van der Waals surface area contributed by atoms with Gasteiger partial charge < -0.3 is 9.47 Å². The highest BCUT2D eigenvalue weighted by atomic mass is 16.5. The predicted octanol–water partition coefficient (Wildman–Crippen LogP) is 0.532. The lowest BCUT2D eigenvalue weighted by atomic mass is 9.75. The van der Waals surface area contributed by atoms with Crippen molar-refractivity contribution in [2.75, 3.05) is 0 Å². The van der Waals surface area contributed by atoms with Crippen molar-refractivity contribution in [3.8, 4) is 11.6 Å². The minimum atomic E-state index is -0.627. The van der Waals surface area contributed by atoms with Crippen molar-refractivity contribution in [1.82, 2.24) is 9.13 Å². The Morgan fingerprint density at radius 3 is 2.50 bits per heavy atom. The minimum Gasteiger partial charge on any atom is -0.474 e. The molecular weight excluding hydrogens is 312 g/mol. The molecule has 4 rings (SSSR count). The largest absolute Gasteiger partial charge is 0.474 e. The van der Waals surface area contributed by atoms with Gasteiger partial charge in [-0.2, -0.15) is 0 Å². The Bertz CT molecular complexity index is 987. The first-order valence-corrected chi connectivity index (χ1v) is 7.69. The van der Waals surface area contributed by atoms with Crippen molar-refractivity contribution in [1.29, 1.82) is 0 Å². The normalized spacial score (nSPS) is 24.3. The molecule has 7 heteroatoms. The second kappa shape index (κ2) is 4.83. The second-order valence-electron chi connectivity index (χ2n) is 6.21. The van der Waals surface area contributed by atoms with E-state index in [0.717, 1.165) is 10.1 Å². The molecule has 0 N–H and O–H groups in total. The minimum absolute atomic E-state index is 0.223. The molecule has 0 saturated carbocycles. The number of aromatic nitrogens is 2. The number of hydrogen-bond acceptors (Lipinski definition) is 5. The number of carbonyl (C=O) groups is 1. The van der Waals surface area contributed by atoms with Crippen LogP contribution in [0, 0.1) is 5.92 Å². The third kappa shape index (κ3) is 1.75. The Kier molecular flexibility index (Phi) is 2.97. The van der Waals surface area contributed by atoms with Crippen LogP contribution in [0.15, 0.2) is 33.9 Å². The summed E-state index contributed by atoms with van der Waals surface area (Å²) in [5.74, 6) is -0.877. The summed E-state index contributed by atoms with van der Waals surface area (Å²) in [5, 5.41) is 0. The van der Waals surface area contributed by atoms with Crippen molar-refractivity contribution < 1.29 is 14.3 Å². The van der Waals surface area contributed by atoms with Gasteiger partial charge in [-0.1, -0.05) is 18.2 Å². The number of fused-ring (bicyclic) bond motifs is 5. The number of hydrogen-bond donors (Lipinski definition) is 0. The molecule has 0 unspecified atom stereocenters. The summed E-state index contributed by atoms with van der Waals surface area (Å²) in [6.45, 7) is 1.75. The Balaban J connectivity index is 2.11. The molecule has 0 aliphatic carbocycles. The van der Waals surface area contributed by atoms with Gasteiger partial charge in [0.05, 0.1) is 5.56 Å². The molecule has 2 aliphatic rings. The van der Waals surface area contributed by atoms with E-state index in [-0.39, 0.29) is 5.88 Å². The zero-order valence-corrected chi connectivity index (χ0v) is 13.5. The monoisotopic (exact) mass is 328 g/mol. The number of carbonyl (C=O) groups excluding carboxylic acids is 1. The molecule has 0 bridgehead atoms. The van der Waals surface area contributed by atoms with Gasteiger partial charge in [-0.15, -0.1) is 0 Å². The standard InChI is InChI=1S/C17H16N2O5/c1-8-11-12(9-6-4-5-7-10(9)24-16(11)21)13-14(20)18(2)17(22)19(3)15(13)23-8/h4-8,11-12H,1-3H3/t8-,11-,12-/m0/s1. The maximum Gasteiger partial charge on any atom is 0.333 e. The number of esters is 1. The van der Waals surface area contributed by atoms with Gasteiger partial charge in [-0.3, -0.25) is 18.7 Å². The molecule has 1 aromatic heterocycles. The third-order valence-electron chi connectivity index (χ3n) is 4.85. The molecule has 2 aromatic rings. The second-order valence-corrected chi connectivity index (χ2v) is 6.21. The summed E-state index contributed by atoms with van der Waals surface area (Å²) in [4.78, 5) is 37.5. The lowest BCUT2D eigenvalue weighted by molar-refractivity contribution is -0.145. The van der Waals surface area contributed by atoms with E-state index < -0.39 is 35.2 Å². The van der Waals surface area contributed by atoms with Crippen LogP contribution < -0.4 is 20.7 Å². The molecule has 0 saturated heterocycles. The van der Waals surface area contributed by atoms with Gasteiger partial charge in [0.15, 0.2) is 0 Å². The van der Waals surface area contributed by atoms with Crippen LogP contribution in [-0.2, 0) is 18.9 Å². The lowest BCUT2D eigenvalue weighted by Crippen LogP contribution is -2.50. The molecule has 24 heavy (non-hydrogen) atoms. The van der Waals surface area contributed by atoms with Crippen LogP contribution in [0.1, 0.15) is 24.0 Å². The van der Waals surface area contributed by atoms with Gasteiger partial charge >= 0.3 is 11.7 Å². The molecular formula is C17H16N2O5. The molecule has 0 spiro atoms. The van der Waals surface area contributed by atoms with E-state index in [1.807, 2.05) is 12.1 Å². The topological polar surface area (TPSA) is 79.5 Å². The van der Waals surface area contributed by atoms with Crippen molar-refractivity contribution in [2.45, 2.75) is 18.9 Å². The highest BCUT2D eigenvalue weighted by molar-refractivity contribution is 5.81. The van der Waals surface area contributed by atoms with Gasteiger partial charge in [-0.25, -0.2) is 4.79 Å². The van der Waals surface area contributed by atoms with E-state index in [0.29, 0.717) is 11.3 Å². The zero-order valence-electron chi connectivity index (χ0n) is 13.5.